The first-order chi connectivity index (χ1) is 14.1. The van der Waals surface area contributed by atoms with Crippen LogP contribution >= 0.6 is 0 Å². The fourth-order valence-electron chi connectivity index (χ4n) is 2.72. The van der Waals surface area contributed by atoms with E-state index in [0.717, 1.165) is 28.9 Å². The molecule has 0 saturated heterocycles. The van der Waals surface area contributed by atoms with Crippen LogP contribution in [0.3, 0.4) is 0 Å². The molecule has 0 radical (unpaired) electrons. The predicted octanol–water partition coefficient (Wildman–Crippen LogP) is 3.03. The lowest BCUT2D eigenvalue weighted by Gasteiger charge is -2.13. The number of hydrogen-bond acceptors (Lipinski definition) is 5. The monoisotopic (exact) mass is 401 g/mol. The summed E-state index contributed by atoms with van der Waals surface area (Å²) >= 11 is 0. The SMILES string of the molecule is COCCCOc1cc(C)ccc1CNC(N)=NCc1ccc(OC)c(OC)c1. The van der Waals surface area contributed by atoms with Gasteiger partial charge in [-0.3, -0.25) is 0 Å². The average Bonchev–Trinajstić information content (AvgIpc) is 2.74. The van der Waals surface area contributed by atoms with Crippen LogP contribution in [0.2, 0.25) is 0 Å². The van der Waals surface area contributed by atoms with Crippen molar-refractivity contribution in [2.45, 2.75) is 26.4 Å². The zero-order valence-corrected chi connectivity index (χ0v) is 17.7. The Morgan fingerprint density at radius 1 is 0.966 bits per heavy atom. The van der Waals surface area contributed by atoms with Gasteiger partial charge in [0.1, 0.15) is 5.75 Å². The van der Waals surface area contributed by atoms with E-state index in [4.69, 9.17) is 24.7 Å². The molecule has 0 amide bonds. The highest BCUT2D eigenvalue weighted by Crippen LogP contribution is 2.27. The Hall–Kier alpha value is -2.93. The van der Waals surface area contributed by atoms with E-state index in [0.29, 0.717) is 43.8 Å². The molecule has 0 saturated carbocycles. The van der Waals surface area contributed by atoms with Crippen molar-refractivity contribution in [1.82, 2.24) is 5.32 Å². The van der Waals surface area contributed by atoms with Crippen LogP contribution in [0.5, 0.6) is 17.2 Å². The summed E-state index contributed by atoms with van der Waals surface area (Å²) in [6.45, 7) is 4.29. The highest BCUT2D eigenvalue weighted by Gasteiger charge is 2.06. The van der Waals surface area contributed by atoms with Crippen LogP contribution in [0.15, 0.2) is 41.4 Å². The summed E-state index contributed by atoms with van der Waals surface area (Å²) in [5.74, 6) is 2.57. The van der Waals surface area contributed by atoms with Crippen LogP contribution in [0.1, 0.15) is 23.1 Å². The van der Waals surface area contributed by atoms with Crippen molar-refractivity contribution in [2.75, 3.05) is 34.5 Å². The Morgan fingerprint density at radius 2 is 1.76 bits per heavy atom. The van der Waals surface area contributed by atoms with Crippen molar-refractivity contribution in [3.63, 3.8) is 0 Å². The Bertz CT molecular complexity index is 809. The summed E-state index contributed by atoms with van der Waals surface area (Å²) in [4.78, 5) is 4.40. The molecule has 2 rings (SSSR count). The molecule has 0 spiro atoms. The second-order valence-corrected chi connectivity index (χ2v) is 6.55. The van der Waals surface area contributed by atoms with Crippen molar-refractivity contribution in [2.24, 2.45) is 10.7 Å². The normalized spacial score (nSPS) is 11.2. The topological polar surface area (TPSA) is 87.3 Å². The van der Waals surface area contributed by atoms with E-state index in [9.17, 15) is 0 Å². The maximum Gasteiger partial charge on any atom is 0.189 e. The van der Waals surface area contributed by atoms with E-state index in [-0.39, 0.29) is 0 Å². The quantitative estimate of drug-likeness (QED) is 0.342. The molecule has 7 heteroatoms. The second kappa shape index (κ2) is 11.8. The lowest BCUT2D eigenvalue weighted by Crippen LogP contribution is -2.31. The molecule has 0 bridgehead atoms. The number of nitrogens with zero attached hydrogens (tertiary/aromatic N) is 1. The Morgan fingerprint density at radius 3 is 2.48 bits per heavy atom. The molecule has 158 valence electrons. The van der Waals surface area contributed by atoms with Gasteiger partial charge in [-0.2, -0.15) is 0 Å². The molecular weight excluding hydrogens is 370 g/mol. The Kier molecular flexibility index (Phi) is 9.11. The molecule has 29 heavy (non-hydrogen) atoms. The summed E-state index contributed by atoms with van der Waals surface area (Å²) in [5.41, 5.74) is 9.19. The van der Waals surface area contributed by atoms with Crippen molar-refractivity contribution < 1.29 is 18.9 Å². The summed E-state index contributed by atoms with van der Waals surface area (Å²) in [5, 5.41) is 3.15. The van der Waals surface area contributed by atoms with Gasteiger partial charge in [0.05, 0.1) is 27.4 Å². The van der Waals surface area contributed by atoms with Crippen molar-refractivity contribution in [3.8, 4) is 17.2 Å². The van der Waals surface area contributed by atoms with Crippen LogP contribution < -0.4 is 25.3 Å². The number of aliphatic imine (C=N–C) groups is 1. The third kappa shape index (κ3) is 7.19. The zero-order valence-electron chi connectivity index (χ0n) is 17.7. The number of aryl methyl sites for hydroxylation is 1. The van der Waals surface area contributed by atoms with Gasteiger partial charge in [0.25, 0.3) is 0 Å². The highest BCUT2D eigenvalue weighted by molar-refractivity contribution is 5.77. The highest BCUT2D eigenvalue weighted by atomic mass is 16.5. The fourth-order valence-corrected chi connectivity index (χ4v) is 2.72. The van der Waals surface area contributed by atoms with Crippen molar-refractivity contribution in [3.05, 3.63) is 53.1 Å². The molecule has 0 aromatic heterocycles. The lowest BCUT2D eigenvalue weighted by molar-refractivity contribution is 0.172. The first-order valence-corrected chi connectivity index (χ1v) is 9.53. The lowest BCUT2D eigenvalue weighted by atomic mass is 10.1. The van der Waals surface area contributed by atoms with E-state index in [1.807, 2.05) is 37.3 Å². The molecule has 0 aliphatic heterocycles. The van der Waals surface area contributed by atoms with E-state index in [1.165, 1.54) is 0 Å². The summed E-state index contributed by atoms with van der Waals surface area (Å²) < 4.78 is 21.5. The van der Waals surface area contributed by atoms with E-state index < -0.39 is 0 Å². The van der Waals surface area contributed by atoms with Gasteiger partial charge in [-0.15, -0.1) is 0 Å². The second-order valence-electron chi connectivity index (χ2n) is 6.55. The first kappa shape index (κ1) is 22.4. The number of methoxy groups -OCH3 is 3. The number of nitrogens with one attached hydrogen (secondary N) is 1. The molecule has 2 aromatic carbocycles. The van der Waals surface area contributed by atoms with Crippen molar-refractivity contribution in [1.29, 1.82) is 0 Å². The molecular formula is C22H31N3O4. The molecule has 7 nitrogen and oxygen atoms in total. The van der Waals surface area contributed by atoms with Gasteiger partial charge in [-0.1, -0.05) is 18.2 Å². The maximum absolute atomic E-state index is 6.04. The van der Waals surface area contributed by atoms with Crippen LogP contribution in [-0.2, 0) is 17.8 Å². The van der Waals surface area contributed by atoms with Gasteiger partial charge >= 0.3 is 0 Å². The third-order valence-corrected chi connectivity index (χ3v) is 4.31. The van der Waals surface area contributed by atoms with E-state index >= 15 is 0 Å². The largest absolute Gasteiger partial charge is 0.493 e. The zero-order chi connectivity index (χ0) is 21.1. The van der Waals surface area contributed by atoms with Crippen LogP contribution in [0.4, 0.5) is 0 Å². The van der Waals surface area contributed by atoms with Crippen LogP contribution in [-0.4, -0.2) is 40.5 Å². The number of ether oxygens (including phenoxy) is 4. The minimum absolute atomic E-state index is 0.366. The minimum Gasteiger partial charge on any atom is -0.493 e. The van der Waals surface area contributed by atoms with Crippen LogP contribution in [0, 0.1) is 6.92 Å². The Balaban J connectivity index is 1.95. The number of rotatable bonds is 11. The number of benzene rings is 2. The summed E-state index contributed by atoms with van der Waals surface area (Å²) in [7, 11) is 4.90. The first-order valence-electron chi connectivity index (χ1n) is 9.53. The van der Waals surface area contributed by atoms with Crippen LogP contribution in [0.25, 0.3) is 0 Å². The maximum atomic E-state index is 6.04. The molecule has 0 aliphatic carbocycles. The van der Waals surface area contributed by atoms with Gasteiger partial charge < -0.3 is 30.0 Å². The molecule has 3 N–H and O–H groups in total. The van der Waals surface area contributed by atoms with Gasteiger partial charge in [-0.25, -0.2) is 4.99 Å². The smallest absolute Gasteiger partial charge is 0.189 e. The average molecular weight is 402 g/mol. The molecule has 0 aliphatic rings. The van der Waals surface area contributed by atoms with Gasteiger partial charge in [0.15, 0.2) is 17.5 Å². The van der Waals surface area contributed by atoms with Gasteiger partial charge in [0.2, 0.25) is 0 Å². The third-order valence-electron chi connectivity index (χ3n) is 4.31. The van der Waals surface area contributed by atoms with Gasteiger partial charge in [0, 0.05) is 32.2 Å². The van der Waals surface area contributed by atoms with E-state index in [2.05, 4.69) is 16.4 Å². The standard InChI is InChI=1S/C22H31N3O4/c1-16-6-8-18(20(12-16)29-11-5-10-26-2)15-25-22(23)24-14-17-7-9-19(27-3)21(13-17)28-4/h6-9,12-13H,5,10-11,14-15H2,1-4H3,(H3,23,24,25). The molecule has 0 fully saturated rings. The molecule has 2 aromatic rings. The molecule has 0 atom stereocenters. The number of guanidine groups is 1. The molecule has 0 unspecified atom stereocenters. The predicted molar refractivity (Wildman–Crippen MR) is 115 cm³/mol. The molecule has 0 heterocycles. The summed E-state index contributed by atoms with van der Waals surface area (Å²) in [6, 6.07) is 11.8. The minimum atomic E-state index is 0.366. The summed E-state index contributed by atoms with van der Waals surface area (Å²) in [6.07, 6.45) is 0.840. The fraction of sp³-hybridized carbons (Fsp3) is 0.409. The van der Waals surface area contributed by atoms with E-state index in [1.54, 1.807) is 21.3 Å². The number of hydrogen-bond donors (Lipinski definition) is 2. The number of nitrogens with two attached hydrogens (primary N) is 1. The van der Waals surface area contributed by atoms with Gasteiger partial charge in [-0.05, 0) is 36.2 Å². The Labute approximate surface area is 172 Å². The van der Waals surface area contributed by atoms with Crippen molar-refractivity contribution >= 4 is 5.96 Å².